The Hall–Kier alpha value is -1.16. The summed E-state index contributed by atoms with van der Waals surface area (Å²) >= 11 is 0. The van der Waals surface area contributed by atoms with Crippen molar-refractivity contribution in [2.75, 3.05) is 0 Å². The molecule has 2 unspecified atom stereocenters. The fourth-order valence-electron chi connectivity index (χ4n) is 1.95. The quantitative estimate of drug-likeness (QED) is 0.770. The van der Waals surface area contributed by atoms with Crippen LogP contribution in [0.4, 0.5) is 0 Å². The van der Waals surface area contributed by atoms with Gasteiger partial charge >= 0.3 is 0 Å². The number of aromatic nitrogens is 2. The number of carbonyl (C=O) groups excluding carboxylic acids is 1. The molecule has 18 heavy (non-hydrogen) atoms. The Morgan fingerprint density at radius 3 is 2.72 bits per heavy atom. The Morgan fingerprint density at radius 1 is 1.44 bits per heavy atom. The van der Waals surface area contributed by atoms with Crippen molar-refractivity contribution in [3.05, 3.63) is 18.0 Å². The molecule has 1 heterocycles. The van der Waals surface area contributed by atoms with Crippen LogP contribution < -0.4 is 5.73 Å². The Balaban J connectivity index is 2.35. The number of nitrogens with two attached hydrogens (primary N) is 1. The monoisotopic (exact) mass is 251 g/mol. The minimum atomic E-state index is 0.119. The van der Waals surface area contributed by atoms with Gasteiger partial charge in [-0.15, -0.1) is 0 Å². The van der Waals surface area contributed by atoms with E-state index in [4.69, 9.17) is 5.73 Å². The van der Waals surface area contributed by atoms with Crippen molar-refractivity contribution in [3.8, 4) is 0 Å². The summed E-state index contributed by atoms with van der Waals surface area (Å²) in [7, 11) is 0. The first-order valence-corrected chi connectivity index (χ1v) is 6.82. The van der Waals surface area contributed by atoms with Gasteiger partial charge in [-0.25, -0.2) is 0 Å². The van der Waals surface area contributed by atoms with E-state index < -0.39 is 0 Å². The molecule has 1 aromatic heterocycles. The first-order chi connectivity index (χ1) is 8.52. The Labute approximate surface area is 110 Å². The molecule has 0 spiro atoms. The maximum Gasteiger partial charge on any atom is 0.140 e. The molecule has 0 aliphatic carbocycles. The van der Waals surface area contributed by atoms with E-state index in [1.165, 1.54) is 0 Å². The van der Waals surface area contributed by atoms with Gasteiger partial charge in [0, 0.05) is 31.1 Å². The van der Waals surface area contributed by atoms with Crippen LogP contribution in [-0.4, -0.2) is 21.6 Å². The van der Waals surface area contributed by atoms with Gasteiger partial charge in [0.1, 0.15) is 5.78 Å². The van der Waals surface area contributed by atoms with Crippen LogP contribution in [0.3, 0.4) is 0 Å². The highest BCUT2D eigenvalue weighted by molar-refractivity contribution is 5.82. The SMILES string of the molecule is CCn1cc(CC(=O)C(C)CCCC(C)N)cn1. The topological polar surface area (TPSA) is 60.9 Å². The Bertz CT molecular complexity index is 371. The fraction of sp³-hybridized carbons (Fsp3) is 0.714. The van der Waals surface area contributed by atoms with Crippen molar-refractivity contribution < 1.29 is 4.79 Å². The van der Waals surface area contributed by atoms with E-state index in [9.17, 15) is 4.79 Å². The van der Waals surface area contributed by atoms with E-state index >= 15 is 0 Å². The molecule has 0 aromatic carbocycles. The summed E-state index contributed by atoms with van der Waals surface area (Å²) < 4.78 is 1.85. The van der Waals surface area contributed by atoms with Gasteiger partial charge in [-0.05, 0) is 32.3 Å². The molecular formula is C14H25N3O. The third-order valence-corrected chi connectivity index (χ3v) is 3.24. The fourth-order valence-corrected chi connectivity index (χ4v) is 1.95. The second-order valence-electron chi connectivity index (χ2n) is 5.16. The molecule has 4 heteroatoms. The van der Waals surface area contributed by atoms with Gasteiger partial charge in [0.2, 0.25) is 0 Å². The normalized spacial score (nSPS) is 14.4. The standard InChI is InChI=1S/C14H25N3O/c1-4-17-10-13(9-16-17)8-14(18)11(2)6-5-7-12(3)15/h9-12H,4-8,15H2,1-3H3. The zero-order valence-corrected chi connectivity index (χ0v) is 11.7. The third kappa shape index (κ3) is 5.00. The average molecular weight is 251 g/mol. The molecule has 2 atom stereocenters. The second kappa shape index (κ2) is 7.31. The molecule has 0 aliphatic heterocycles. The number of hydrogen-bond acceptors (Lipinski definition) is 3. The summed E-state index contributed by atoms with van der Waals surface area (Å²) in [5.41, 5.74) is 6.72. The number of hydrogen-bond donors (Lipinski definition) is 1. The number of aryl methyl sites for hydroxylation is 1. The van der Waals surface area contributed by atoms with Crippen molar-refractivity contribution >= 4 is 5.78 Å². The lowest BCUT2D eigenvalue weighted by Gasteiger charge is -2.10. The molecule has 1 aromatic rings. The van der Waals surface area contributed by atoms with E-state index in [-0.39, 0.29) is 12.0 Å². The lowest BCUT2D eigenvalue weighted by molar-refractivity contribution is -0.121. The smallest absolute Gasteiger partial charge is 0.140 e. The lowest BCUT2D eigenvalue weighted by Crippen LogP contribution is -2.17. The number of Topliss-reactive ketones (excluding diaryl/α,β-unsaturated/α-hetero) is 1. The van der Waals surface area contributed by atoms with Crippen molar-refractivity contribution in [2.45, 2.75) is 59.0 Å². The third-order valence-electron chi connectivity index (χ3n) is 3.24. The molecule has 0 radical (unpaired) electrons. The minimum Gasteiger partial charge on any atom is -0.328 e. The molecule has 0 fully saturated rings. The first kappa shape index (κ1) is 14.9. The van der Waals surface area contributed by atoms with Crippen LogP contribution in [0.25, 0.3) is 0 Å². The Kier molecular flexibility index (Phi) is 6.05. The van der Waals surface area contributed by atoms with Gasteiger partial charge in [0.25, 0.3) is 0 Å². The highest BCUT2D eigenvalue weighted by atomic mass is 16.1. The second-order valence-corrected chi connectivity index (χ2v) is 5.16. The van der Waals surface area contributed by atoms with Crippen molar-refractivity contribution in [3.63, 3.8) is 0 Å². The molecule has 0 bridgehead atoms. The van der Waals surface area contributed by atoms with Crippen molar-refractivity contribution in [1.29, 1.82) is 0 Å². The van der Waals surface area contributed by atoms with Gasteiger partial charge in [0.05, 0.1) is 6.20 Å². The highest BCUT2D eigenvalue weighted by Crippen LogP contribution is 2.13. The zero-order chi connectivity index (χ0) is 13.5. The van der Waals surface area contributed by atoms with Gasteiger partial charge in [-0.1, -0.05) is 13.3 Å². The van der Waals surface area contributed by atoms with Crippen molar-refractivity contribution in [2.24, 2.45) is 11.7 Å². The van der Waals surface area contributed by atoms with Crippen LogP contribution in [0.1, 0.15) is 45.6 Å². The molecule has 0 saturated carbocycles. The van der Waals surface area contributed by atoms with E-state index in [0.29, 0.717) is 12.2 Å². The average Bonchev–Trinajstić information content (AvgIpc) is 2.76. The largest absolute Gasteiger partial charge is 0.328 e. The molecule has 0 amide bonds. The summed E-state index contributed by atoms with van der Waals surface area (Å²) in [6.45, 7) is 6.90. The highest BCUT2D eigenvalue weighted by Gasteiger charge is 2.14. The van der Waals surface area contributed by atoms with E-state index in [0.717, 1.165) is 31.4 Å². The lowest BCUT2D eigenvalue weighted by atomic mass is 9.95. The van der Waals surface area contributed by atoms with E-state index in [1.807, 2.05) is 31.6 Å². The number of carbonyl (C=O) groups is 1. The van der Waals surface area contributed by atoms with Crippen molar-refractivity contribution in [1.82, 2.24) is 9.78 Å². The van der Waals surface area contributed by atoms with Gasteiger partial charge < -0.3 is 5.73 Å². The molecule has 0 aliphatic rings. The molecule has 102 valence electrons. The summed E-state index contributed by atoms with van der Waals surface area (Å²) in [6, 6.07) is 0.232. The predicted octanol–water partition coefficient (Wildman–Crippen LogP) is 2.17. The van der Waals surface area contributed by atoms with E-state index in [1.54, 1.807) is 6.20 Å². The summed E-state index contributed by atoms with van der Waals surface area (Å²) in [6.07, 6.45) is 7.19. The molecule has 4 nitrogen and oxygen atoms in total. The van der Waals surface area contributed by atoms with Crippen LogP contribution in [0.2, 0.25) is 0 Å². The van der Waals surface area contributed by atoms with Crippen LogP contribution in [0, 0.1) is 5.92 Å². The Morgan fingerprint density at radius 2 is 2.17 bits per heavy atom. The number of ketones is 1. The van der Waals surface area contributed by atoms with Crippen LogP contribution in [0.5, 0.6) is 0 Å². The number of rotatable bonds is 8. The van der Waals surface area contributed by atoms with Gasteiger partial charge in [-0.3, -0.25) is 9.48 Å². The number of nitrogens with zero attached hydrogens (tertiary/aromatic N) is 2. The van der Waals surface area contributed by atoms with Crippen LogP contribution >= 0.6 is 0 Å². The predicted molar refractivity (Wildman–Crippen MR) is 73.3 cm³/mol. The van der Waals surface area contributed by atoms with Crippen LogP contribution in [0.15, 0.2) is 12.4 Å². The van der Waals surface area contributed by atoms with Gasteiger partial charge in [0.15, 0.2) is 0 Å². The summed E-state index contributed by atoms with van der Waals surface area (Å²) in [5.74, 6) is 0.420. The summed E-state index contributed by atoms with van der Waals surface area (Å²) in [5, 5.41) is 4.18. The van der Waals surface area contributed by atoms with Crippen LogP contribution in [-0.2, 0) is 17.8 Å². The summed E-state index contributed by atoms with van der Waals surface area (Å²) in [4.78, 5) is 12.0. The molecule has 2 N–H and O–H groups in total. The zero-order valence-electron chi connectivity index (χ0n) is 11.7. The molecular weight excluding hydrogens is 226 g/mol. The molecule has 0 saturated heterocycles. The first-order valence-electron chi connectivity index (χ1n) is 6.82. The van der Waals surface area contributed by atoms with Gasteiger partial charge in [-0.2, -0.15) is 5.10 Å². The minimum absolute atomic E-state index is 0.119. The van der Waals surface area contributed by atoms with E-state index in [2.05, 4.69) is 5.10 Å². The maximum absolute atomic E-state index is 12.0. The molecule has 1 rings (SSSR count). The maximum atomic E-state index is 12.0.